The van der Waals surface area contributed by atoms with Gasteiger partial charge in [0.2, 0.25) is 0 Å². The van der Waals surface area contributed by atoms with E-state index in [0.29, 0.717) is 47.9 Å². The fourth-order valence-corrected chi connectivity index (χ4v) is 4.47. The molecule has 2 amide bonds. The number of hydrogen-bond donors (Lipinski definition) is 0. The highest BCUT2D eigenvalue weighted by Crippen LogP contribution is 2.30. The molecule has 1 fully saturated rings. The van der Waals surface area contributed by atoms with Gasteiger partial charge in [0, 0.05) is 42.2 Å². The van der Waals surface area contributed by atoms with Gasteiger partial charge in [-0.3, -0.25) is 9.59 Å². The quantitative estimate of drug-likeness (QED) is 0.632. The minimum Gasteiger partial charge on any atom is -0.497 e. The van der Waals surface area contributed by atoms with E-state index in [1.165, 1.54) is 17.4 Å². The Bertz CT molecular complexity index is 1070. The SMILES string of the molecule is COc1cccc(C(=O)N2CCN(C(=O)c3ccc(-c4ccccc4F)s3)CC2)c1. The zero-order valence-electron chi connectivity index (χ0n) is 16.5. The van der Waals surface area contributed by atoms with Gasteiger partial charge in [0.15, 0.2) is 0 Å². The summed E-state index contributed by atoms with van der Waals surface area (Å²) in [5.41, 5.74) is 1.07. The average molecular weight is 424 g/mol. The molecule has 154 valence electrons. The van der Waals surface area contributed by atoms with Crippen LogP contribution in [0.3, 0.4) is 0 Å². The van der Waals surface area contributed by atoms with E-state index < -0.39 is 0 Å². The zero-order chi connectivity index (χ0) is 21.1. The van der Waals surface area contributed by atoms with Crippen molar-refractivity contribution >= 4 is 23.2 Å². The molecule has 2 heterocycles. The highest BCUT2D eigenvalue weighted by molar-refractivity contribution is 7.17. The highest BCUT2D eigenvalue weighted by Gasteiger charge is 2.26. The predicted molar refractivity (Wildman–Crippen MR) is 115 cm³/mol. The first kappa shape index (κ1) is 20.1. The molecule has 0 saturated carbocycles. The fourth-order valence-electron chi connectivity index (χ4n) is 3.47. The van der Waals surface area contributed by atoms with Gasteiger partial charge in [0.25, 0.3) is 11.8 Å². The van der Waals surface area contributed by atoms with Crippen molar-refractivity contribution in [2.45, 2.75) is 0 Å². The van der Waals surface area contributed by atoms with Crippen molar-refractivity contribution in [2.24, 2.45) is 0 Å². The van der Waals surface area contributed by atoms with Gasteiger partial charge in [-0.2, -0.15) is 0 Å². The van der Waals surface area contributed by atoms with Crippen LogP contribution >= 0.6 is 11.3 Å². The number of thiophene rings is 1. The molecule has 0 unspecified atom stereocenters. The van der Waals surface area contributed by atoms with Gasteiger partial charge < -0.3 is 14.5 Å². The van der Waals surface area contributed by atoms with E-state index in [-0.39, 0.29) is 17.6 Å². The molecule has 5 nitrogen and oxygen atoms in total. The van der Waals surface area contributed by atoms with Crippen molar-refractivity contribution in [3.8, 4) is 16.2 Å². The average Bonchev–Trinajstić information content (AvgIpc) is 3.28. The molecule has 0 bridgehead atoms. The van der Waals surface area contributed by atoms with Crippen LogP contribution in [0.5, 0.6) is 5.75 Å². The van der Waals surface area contributed by atoms with Crippen LogP contribution in [0.1, 0.15) is 20.0 Å². The topological polar surface area (TPSA) is 49.9 Å². The van der Waals surface area contributed by atoms with Gasteiger partial charge in [-0.05, 0) is 36.4 Å². The summed E-state index contributed by atoms with van der Waals surface area (Å²) in [7, 11) is 1.57. The lowest BCUT2D eigenvalue weighted by Crippen LogP contribution is -2.50. The third kappa shape index (κ3) is 4.07. The first-order chi connectivity index (χ1) is 14.6. The van der Waals surface area contributed by atoms with Crippen LogP contribution < -0.4 is 4.74 Å². The molecular formula is C23H21FN2O3S. The highest BCUT2D eigenvalue weighted by atomic mass is 32.1. The summed E-state index contributed by atoms with van der Waals surface area (Å²) >= 11 is 1.28. The second-order valence-corrected chi connectivity index (χ2v) is 8.04. The van der Waals surface area contributed by atoms with Gasteiger partial charge in [0.05, 0.1) is 12.0 Å². The van der Waals surface area contributed by atoms with Crippen LogP contribution in [-0.4, -0.2) is 54.9 Å². The molecule has 7 heteroatoms. The van der Waals surface area contributed by atoms with Gasteiger partial charge in [-0.1, -0.05) is 24.3 Å². The molecule has 1 aromatic heterocycles. The normalized spacial score (nSPS) is 13.9. The molecule has 30 heavy (non-hydrogen) atoms. The van der Waals surface area contributed by atoms with Crippen molar-refractivity contribution in [2.75, 3.05) is 33.3 Å². The lowest BCUT2D eigenvalue weighted by Gasteiger charge is -2.34. The maximum absolute atomic E-state index is 14.0. The molecule has 2 aromatic carbocycles. The number of carbonyl (C=O) groups is 2. The molecule has 0 N–H and O–H groups in total. The maximum atomic E-state index is 14.0. The number of nitrogens with zero attached hydrogens (tertiary/aromatic N) is 2. The fraction of sp³-hybridized carbons (Fsp3) is 0.217. The van der Waals surface area contributed by atoms with Crippen LogP contribution in [0.4, 0.5) is 4.39 Å². The van der Waals surface area contributed by atoms with Gasteiger partial charge >= 0.3 is 0 Å². The minimum atomic E-state index is -0.303. The Morgan fingerprint density at radius 1 is 0.900 bits per heavy atom. The lowest BCUT2D eigenvalue weighted by molar-refractivity contribution is 0.0538. The van der Waals surface area contributed by atoms with Crippen molar-refractivity contribution in [1.82, 2.24) is 9.80 Å². The van der Waals surface area contributed by atoms with Crippen molar-refractivity contribution < 1.29 is 18.7 Å². The standard InChI is InChI=1S/C23H21FN2O3S/c1-29-17-6-4-5-16(15-17)22(27)25-11-13-26(14-12-25)23(28)21-10-9-20(30-21)18-7-2-3-8-19(18)24/h2-10,15H,11-14H2,1H3. The molecule has 4 rings (SSSR count). The van der Waals surface area contributed by atoms with Gasteiger partial charge in [-0.15, -0.1) is 11.3 Å². The number of rotatable bonds is 4. The molecule has 0 atom stereocenters. The van der Waals surface area contributed by atoms with Crippen LogP contribution in [0.15, 0.2) is 60.7 Å². The van der Waals surface area contributed by atoms with Crippen LogP contribution in [-0.2, 0) is 0 Å². The molecular weight excluding hydrogens is 403 g/mol. The molecule has 0 aliphatic carbocycles. The summed E-state index contributed by atoms with van der Waals surface area (Å²) in [6.07, 6.45) is 0. The predicted octanol–water partition coefficient (Wildman–Crippen LogP) is 4.16. The third-order valence-electron chi connectivity index (χ3n) is 5.13. The monoisotopic (exact) mass is 424 g/mol. The first-order valence-electron chi connectivity index (χ1n) is 9.64. The number of methoxy groups -OCH3 is 1. The number of ether oxygens (including phenoxy) is 1. The summed E-state index contributed by atoms with van der Waals surface area (Å²) in [5.74, 6) is 0.177. The van der Waals surface area contributed by atoms with Gasteiger partial charge in [-0.25, -0.2) is 4.39 Å². The summed E-state index contributed by atoms with van der Waals surface area (Å²) in [6, 6.07) is 17.1. The van der Waals surface area contributed by atoms with E-state index >= 15 is 0 Å². The summed E-state index contributed by atoms with van der Waals surface area (Å²) < 4.78 is 19.2. The van der Waals surface area contributed by atoms with E-state index in [1.807, 2.05) is 0 Å². The minimum absolute atomic E-state index is 0.0704. The number of halogens is 1. The lowest BCUT2D eigenvalue weighted by atomic mass is 10.1. The van der Waals surface area contributed by atoms with Crippen molar-refractivity contribution in [1.29, 1.82) is 0 Å². The Labute approximate surface area is 178 Å². The maximum Gasteiger partial charge on any atom is 0.264 e. The summed E-state index contributed by atoms with van der Waals surface area (Å²) in [4.78, 5) is 30.4. The summed E-state index contributed by atoms with van der Waals surface area (Å²) in [5, 5.41) is 0. The number of piperazine rings is 1. The van der Waals surface area contributed by atoms with Crippen LogP contribution in [0.25, 0.3) is 10.4 Å². The smallest absolute Gasteiger partial charge is 0.264 e. The molecule has 0 radical (unpaired) electrons. The Morgan fingerprint density at radius 2 is 1.60 bits per heavy atom. The Morgan fingerprint density at radius 3 is 2.30 bits per heavy atom. The molecule has 0 spiro atoms. The van der Waals surface area contributed by atoms with Crippen molar-refractivity contribution in [3.63, 3.8) is 0 Å². The van der Waals surface area contributed by atoms with E-state index in [9.17, 15) is 14.0 Å². The van der Waals surface area contributed by atoms with E-state index in [2.05, 4.69) is 0 Å². The van der Waals surface area contributed by atoms with E-state index in [1.54, 1.807) is 71.5 Å². The van der Waals surface area contributed by atoms with Gasteiger partial charge in [0.1, 0.15) is 11.6 Å². The number of amides is 2. The molecule has 1 aliphatic heterocycles. The van der Waals surface area contributed by atoms with Crippen LogP contribution in [0, 0.1) is 5.82 Å². The van der Waals surface area contributed by atoms with E-state index in [0.717, 1.165) is 4.88 Å². The molecule has 1 aliphatic rings. The molecule has 1 saturated heterocycles. The summed E-state index contributed by atoms with van der Waals surface area (Å²) in [6.45, 7) is 1.85. The Balaban J connectivity index is 1.40. The number of benzene rings is 2. The van der Waals surface area contributed by atoms with Crippen molar-refractivity contribution in [3.05, 3.63) is 76.9 Å². The zero-order valence-corrected chi connectivity index (χ0v) is 17.3. The Kier molecular flexibility index (Phi) is 5.81. The second kappa shape index (κ2) is 8.67. The third-order valence-corrected chi connectivity index (χ3v) is 6.23. The number of carbonyl (C=O) groups excluding carboxylic acids is 2. The van der Waals surface area contributed by atoms with Crippen LogP contribution in [0.2, 0.25) is 0 Å². The van der Waals surface area contributed by atoms with E-state index in [4.69, 9.17) is 4.74 Å². The second-order valence-electron chi connectivity index (χ2n) is 6.96. The molecule has 3 aromatic rings. The number of hydrogen-bond acceptors (Lipinski definition) is 4. The largest absolute Gasteiger partial charge is 0.497 e. The first-order valence-corrected chi connectivity index (χ1v) is 10.5. The Hall–Kier alpha value is -3.19.